The molecule has 2 N–H and O–H groups in total. The molecule has 0 saturated carbocycles. The third-order valence-electron chi connectivity index (χ3n) is 3.57. The number of hydrogen-bond donors (Lipinski definition) is 2. The average Bonchev–Trinajstić information content (AvgIpc) is 2.55. The fourth-order valence-electron chi connectivity index (χ4n) is 2.29. The summed E-state index contributed by atoms with van der Waals surface area (Å²) >= 11 is 0. The molecule has 0 aromatic heterocycles. The van der Waals surface area contributed by atoms with Gasteiger partial charge in [-0.2, -0.15) is 0 Å². The van der Waals surface area contributed by atoms with Gasteiger partial charge < -0.3 is 10.1 Å². The number of anilines is 1. The summed E-state index contributed by atoms with van der Waals surface area (Å²) < 4.78 is 18.8. The molecule has 6 nitrogen and oxygen atoms in total. The first-order chi connectivity index (χ1) is 12.3. The highest BCUT2D eigenvalue weighted by Gasteiger charge is 2.12. The van der Waals surface area contributed by atoms with Crippen LogP contribution in [-0.4, -0.2) is 24.3 Å². The van der Waals surface area contributed by atoms with Crippen molar-refractivity contribution in [1.29, 1.82) is 0 Å². The van der Waals surface area contributed by atoms with E-state index < -0.39 is 30.1 Å². The standard InChI is InChI=1S/C19H19FN2O4/c1-11-4-7-17(12(2)8-11)21-19(25)22-18(24)10-26-14-5-6-15(13(3)23)16(20)9-14/h4-9H,10H2,1-3H3,(H2,21,22,24,25). The Morgan fingerprint density at radius 1 is 1.08 bits per heavy atom. The van der Waals surface area contributed by atoms with Crippen molar-refractivity contribution in [3.63, 3.8) is 0 Å². The molecule has 0 atom stereocenters. The Morgan fingerprint density at radius 2 is 1.81 bits per heavy atom. The van der Waals surface area contributed by atoms with Crippen LogP contribution in [-0.2, 0) is 4.79 Å². The largest absolute Gasteiger partial charge is 0.484 e. The molecule has 0 spiro atoms. The van der Waals surface area contributed by atoms with Crippen LogP contribution in [0.3, 0.4) is 0 Å². The zero-order valence-electron chi connectivity index (χ0n) is 14.7. The average molecular weight is 358 g/mol. The zero-order valence-corrected chi connectivity index (χ0v) is 14.7. The fourth-order valence-corrected chi connectivity index (χ4v) is 2.29. The molecule has 0 radical (unpaired) electrons. The number of halogens is 1. The number of nitrogens with one attached hydrogen (secondary N) is 2. The van der Waals surface area contributed by atoms with E-state index in [0.29, 0.717) is 5.69 Å². The highest BCUT2D eigenvalue weighted by molar-refractivity contribution is 6.02. The van der Waals surface area contributed by atoms with Crippen LogP contribution in [0.2, 0.25) is 0 Å². The fraction of sp³-hybridized carbons (Fsp3) is 0.211. The first-order valence-electron chi connectivity index (χ1n) is 7.87. The van der Waals surface area contributed by atoms with Crippen molar-refractivity contribution in [2.75, 3.05) is 11.9 Å². The molecular weight excluding hydrogens is 339 g/mol. The maximum absolute atomic E-state index is 13.7. The van der Waals surface area contributed by atoms with Crippen molar-refractivity contribution in [3.05, 3.63) is 58.9 Å². The van der Waals surface area contributed by atoms with E-state index in [-0.39, 0.29) is 11.3 Å². The van der Waals surface area contributed by atoms with Crippen molar-refractivity contribution in [2.24, 2.45) is 0 Å². The summed E-state index contributed by atoms with van der Waals surface area (Å²) in [6.45, 7) is 4.55. The Labute approximate surface area is 150 Å². The lowest BCUT2D eigenvalue weighted by atomic mass is 10.1. The van der Waals surface area contributed by atoms with Gasteiger partial charge in [0.1, 0.15) is 11.6 Å². The van der Waals surface area contributed by atoms with E-state index in [1.165, 1.54) is 19.1 Å². The predicted molar refractivity (Wildman–Crippen MR) is 95.0 cm³/mol. The number of amides is 3. The molecule has 0 aliphatic heterocycles. The van der Waals surface area contributed by atoms with Crippen molar-refractivity contribution in [2.45, 2.75) is 20.8 Å². The number of Topliss-reactive ketones (excluding diaryl/α,β-unsaturated/α-hetero) is 1. The van der Waals surface area contributed by atoms with E-state index in [0.717, 1.165) is 17.2 Å². The maximum Gasteiger partial charge on any atom is 0.325 e. The second-order valence-corrected chi connectivity index (χ2v) is 5.81. The van der Waals surface area contributed by atoms with Gasteiger partial charge in [0, 0.05) is 11.8 Å². The zero-order chi connectivity index (χ0) is 19.3. The summed E-state index contributed by atoms with van der Waals surface area (Å²) in [5, 5.41) is 4.69. The quantitative estimate of drug-likeness (QED) is 0.803. The van der Waals surface area contributed by atoms with Crippen molar-refractivity contribution in [3.8, 4) is 5.75 Å². The minimum Gasteiger partial charge on any atom is -0.484 e. The molecule has 0 bridgehead atoms. The van der Waals surface area contributed by atoms with Gasteiger partial charge >= 0.3 is 6.03 Å². The number of imide groups is 1. The third kappa shape index (κ3) is 5.14. The number of carbonyl (C=O) groups excluding carboxylic acids is 3. The lowest BCUT2D eigenvalue weighted by molar-refractivity contribution is -0.121. The van der Waals surface area contributed by atoms with Crippen molar-refractivity contribution >= 4 is 23.4 Å². The Morgan fingerprint density at radius 3 is 2.42 bits per heavy atom. The molecule has 26 heavy (non-hydrogen) atoms. The van der Waals surface area contributed by atoms with E-state index in [1.54, 1.807) is 6.07 Å². The Hall–Kier alpha value is -3.22. The molecular formula is C19H19FN2O4. The predicted octanol–water partition coefficient (Wildman–Crippen LogP) is 3.37. The highest BCUT2D eigenvalue weighted by atomic mass is 19.1. The number of urea groups is 1. The summed E-state index contributed by atoms with van der Waals surface area (Å²) in [5.74, 6) is -1.75. The van der Waals surface area contributed by atoms with Gasteiger partial charge in [0.25, 0.3) is 5.91 Å². The van der Waals surface area contributed by atoms with Crippen LogP contribution in [0.5, 0.6) is 5.75 Å². The van der Waals surface area contributed by atoms with Crippen molar-refractivity contribution < 1.29 is 23.5 Å². The monoisotopic (exact) mass is 358 g/mol. The third-order valence-corrected chi connectivity index (χ3v) is 3.57. The number of benzene rings is 2. The Kier molecular flexibility index (Phi) is 6.06. The van der Waals surface area contributed by atoms with Crippen molar-refractivity contribution in [1.82, 2.24) is 5.32 Å². The Bertz CT molecular complexity index is 865. The molecule has 0 aliphatic rings. The van der Waals surface area contributed by atoms with E-state index >= 15 is 0 Å². The number of carbonyl (C=O) groups is 3. The SMILES string of the molecule is CC(=O)c1ccc(OCC(=O)NC(=O)Nc2ccc(C)cc2C)cc1F. The van der Waals surface area contributed by atoms with E-state index in [1.807, 2.05) is 26.0 Å². The van der Waals surface area contributed by atoms with Crippen LogP contribution in [0.25, 0.3) is 0 Å². The molecule has 136 valence electrons. The Balaban J connectivity index is 1.87. The van der Waals surface area contributed by atoms with Crippen LogP contribution in [0.1, 0.15) is 28.4 Å². The van der Waals surface area contributed by atoms with Gasteiger partial charge in [-0.15, -0.1) is 0 Å². The minimum absolute atomic E-state index is 0.0605. The summed E-state index contributed by atoms with van der Waals surface area (Å²) in [4.78, 5) is 34.8. The highest BCUT2D eigenvalue weighted by Crippen LogP contribution is 2.17. The van der Waals surface area contributed by atoms with Crippen LogP contribution < -0.4 is 15.4 Å². The van der Waals surface area contributed by atoms with Crippen LogP contribution in [0, 0.1) is 19.7 Å². The first-order valence-corrected chi connectivity index (χ1v) is 7.87. The summed E-state index contributed by atoms with van der Waals surface area (Å²) in [5.41, 5.74) is 2.45. The molecule has 0 fully saturated rings. The van der Waals surface area contributed by atoms with E-state index in [4.69, 9.17) is 4.74 Å². The summed E-state index contributed by atoms with van der Waals surface area (Å²) in [7, 11) is 0. The second-order valence-electron chi connectivity index (χ2n) is 5.81. The molecule has 0 unspecified atom stereocenters. The molecule has 0 aliphatic carbocycles. The number of ether oxygens (including phenoxy) is 1. The molecule has 7 heteroatoms. The number of aryl methyl sites for hydroxylation is 2. The summed E-state index contributed by atoms with van der Waals surface area (Å²) in [6, 6.07) is 8.46. The van der Waals surface area contributed by atoms with Gasteiger partial charge in [0.05, 0.1) is 5.56 Å². The topological polar surface area (TPSA) is 84.5 Å². The molecule has 2 rings (SSSR count). The van der Waals surface area contributed by atoms with Crippen LogP contribution in [0.15, 0.2) is 36.4 Å². The van der Waals surface area contributed by atoms with Gasteiger partial charge in [-0.05, 0) is 44.5 Å². The smallest absolute Gasteiger partial charge is 0.325 e. The van der Waals surface area contributed by atoms with E-state index in [2.05, 4.69) is 10.6 Å². The number of hydrogen-bond acceptors (Lipinski definition) is 4. The normalized spacial score (nSPS) is 10.2. The molecule has 3 amide bonds. The number of rotatable bonds is 5. The molecule has 2 aromatic rings. The van der Waals surface area contributed by atoms with E-state index in [9.17, 15) is 18.8 Å². The molecule has 0 heterocycles. The van der Waals surface area contributed by atoms with Crippen LogP contribution in [0.4, 0.5) is 14.9 Å². The van der Waals surface area contributed by atoms with Gasteiger partial charge in [-0.25, -0.2) is 9.18 Å². The van der Waals surface area contributed by atoms with Gasteiger partial charge in [-0.1, -0.05) is 17.7 Å². The lowest BCUT2D eigenvalue weighted by Gasteiger charge is -2.10. The van der Waals surface area contributed by atoms with Gasteiger partial charge in [-0.3, -0.25) is 14.9 Å². The summed E-state index contributed by atoms with van der Waals surface area (Å²) in [6.07, 6.45) is 0. The molecule has 0 saturated heterocycles. The van der Waals surface area contributed by atoms with Gasteiger partial charge in [0.2, 0.25) is 0 Å². The number of ketones is 1. The maximum atomic E-state index is 13.7. The minimum atomic E-state index is -0.733. The van der Waals surface area contributed by atoms with Gasteiger partial charge in [0.15, 0.2) is 12.4 Å². The van der Waals surface area contributed by atoms with Crippen LogP contribution >= 0.6 is 0 Å². The first kappa shape index (κ1) is 19.1. The lowest BCUT2D eigenvalue weighted by Crippen LogP contribution is -2.37. The molecule has 2 aromatic carbocycles. The second kappa shape index (κ2) is 8.24.